The highest BCUT2D eigenvalue weighted by Gasteiger charge is 2.49. The quantitative estimate of drug-likeness (QED) is 0.154. The van der Waals surface area contributed by atoms with Crippen LogP contribution >= 0.6 is 27.5 Å². The molecule has 4 aromatic rings. The Morgan fingerprint density at radius 3 is 2.54 bits per heavy atom. The van der Waals surface area contributed by atoms with Crippen LogP contribution in [0.3, 0.4) is 0 Å². The number of anilines is 1. The molecule has 1 fully saturated rings. The van der Waals surface area contributed by atoms with Gasteiger partial charge in [-0.05, 0) is 63.9 Å². The van der Waals surface area contributed by atoms with Crippen molar-refractivity contribution in [3.8, 4) is 11.3 Å². The van der Waals surface area contributed by atoms with E-state index in [0.29, 0.717) is 29.7 Å². The normalized spacial score (nSPS) is 19.2. The fourth-order valence-electron chi connectivity index (χ4n) is 5.81. The van der Waals surface area contributed by atoms with Crippen LogP contribution in [0.5, 0.6) is 0 Å². The van der Waals surface area contributed by atoms with Crippen LogP contribution in [-0.2, 0) is 13.1 Å². The summed E-state index contributed by atoms with van der Waals surface area (Å²) in [6.07, 6.45) is 8.06. The lowest BCUT2D eigenvalue weighted by Gasteiger charge is -2.52. The second kappa shape index (κ2) is 12.7. The van der Waals surface area contributed by atoms with Crippen LogP contribution in [0.25, 0.3) is 16.9 Å². The summed E-state index contributed by atoms with van der Waals surface area (Å²) in [5.74, 6) is 1.30. The first-order valence-corrected chi connectivity index (χ1v) is 15.4. The van der Waals surface area contributed by atoms with Gasteiger partial charge in [-0.3, -0.25) is 0 Å². The third-order valence-corrected chi connectivity index (χ3v) is 8.99. The number of hydrogen-bond acceptors (Lipinski definition) is 4. The summed E-state index contributed by atoms with van der Waals surface area (Å²) >= 11 is 10.0. The molecule has 0 saturated heterocycles. The predicted octanol–water partition coefficient (Wildman–Crippen LogP) is 8.14. The molecule has 3 N–H and O–H groups in total. The Labute approximate surface area is 254 Å². The maximum atomic E-state index is 12.9. The van der Waals surface area contributed by atoms with E-state index in [9.17, 15) is 4.79 Å². The summed E-state index contributed by atoms with van der Waals surface area (Å²) in [4.78, 5) is 17.7. The third-order valence-electron chi connectivity index (χ3n) is 8.10. The minimum atomic E-state index is -0.210. The molecule has 7 nitrogen and oxygen atoms in total. The fourth-order valence-corrected chi connectivity index (χ4v) is 6.39. The molecule has 9 heteroatoms. The van der Waals surface area contributed by atoms with Crippen LogP contribution in [-0.4, -0.2) is 26.2 Å². The molecular formula is C32H36BrClN6O. The van der Waals surface area contributed by atoms with E-state index < -0.39 is 0 Å². The fraction of sp³-hybridized carbons (Fsp3) is 0.344. The Bertz CT molecular complexity index is 1570. The van der Waals surface area contributed by atoms with Crippen molar-refractivity contribution >= 4 is 45.0 Å². The van der Waals surface area contributed by atoms with Gasteiger partial charge in [-0.1, -0.05) is 87.3 Å². The maximum absolute atomic E-state index is 12.9. The number of rotatable bonds is 10. The van der Waals surface area contributed by atoms with E-state index in [1.807, 2.05) is 30.3 Å². The molecule has 1 saturated carbocycles. The highest BCUT2D eigenvalue weighted by atomic mass is 79.9. The largest absolute Gasteiger partial charge is 0.366 e. The van der Waals surface area contributed by atoms with E-state index in [2.05, 4.69) is 88.1 Å². The molecule has 5 rings (SSSR count). The van der Waals surface area contributed by atoms with E-state index in [0.717, 1.165) is 58.4 Å². The molecule has 0 spiro atoms. The lowest BCUT2D eigenvalue weighted by Crippen LogP contribution is -2.63. The predicted molar refractivity (Wildman–Crippen MR) is 170 cm³/mol. The number of halogens is 2. The summed E-state index contributed by atoms with van der Waals surface area (Å²) in [7, 11) is 0. The SMILES string of the molecule is CC/C=C1/C[C@H](CC)[C@]1(CC)NC(=O)NCc1ccc(CNc2cc(-c3ccccc3Cl)nc3c(Br)cnn23)cc1. The van der Waals surface area contributed by atoms with Gasteiger partial charge in [-0.2, -0.15) is 9.61 Å². The molecule has 0 radical (unpaired) electrons. The number of carbonyl (C=O) groups excluding carboxylic acids is 1. The van der Waals surface area contributed by atoms with Gasteiger partial charge in [0.25, 0.3) is 0 Å². The summed E-state index contributed by atoms with van der Waals surface area (Å²) in [5.41, 5.74) is 5.64. The van der Waals surface area contributed by atoms with E-state index in [-0.39, 0.29) is 11.6 Å². The van der Waals surface area contributed by atoms with Crippen LogP contribution in [0, 0.1) is 5.92 Å². The van der Waals surface area contributed by atoms with Crippen LogP contribution < -0.4 is 16.0 Å². The van der Waals surface area contributed by atoms with E-state index in [1.54, 1.807) is 10.7 Å². The molecule has 2 amide bonds. The number of nitrogens with zero attached hydrogens (tertiary/aromatic N) is 3. The first-order chi connectivity index (χ1) is 19.9. The molecule has 1 aliphatic carbocycles. The highest BCUT2D eigenvalue weighted by Crippen LogP contribution is 2.48. The Morgan fingerprint density at radius 2 is 1.85 bits per heavy atom. The molecule has 2 heterocycles. The number of amides is 2. The second-order valence-corrected chi connectivity index (χ2v) is 11.7. The molecule has 41 heavy (non-hydrogen) atoms. The summed E-state index contributed by atoms with van der Waals surface area (Å²) in [6.45, 7) is 7.58. The standard InChI is InChI=1S/C32H36BrClN6O/c1-4-9-24-16-23(5-2)32(24,6-3)39-31(41)36-19-22-14-12-21(13-15-22)18-35-29-17-28(25-10-7-8-11-27(25)34)38-30-26(33)20-37-40(29)30/h7-15,17,20,23,35H,4-6,16,18-19H2,1-3H3,(H2,36,39,41)/b24-9-/t23-,32-/m0/s1. The van der Waals surface area contributed by atoms with Crippen LogP contribution in [0.4, 0.5) is 10.6 Å². The first-order valence-electron chi connectivity index (χ1n) is 14.2. The smallest absolute Gasteiger partial charge is 0.315 e. The van der Waals surface area contributed by atoms with E-state index in [4.69, 9.17) is 16.6 Å². The van der Waals surface area contributed by atoms with Crippen molar-refractivity contribution in [3.05, 3.63) is 93.1 Å². The lowest BCUT2D eigenvalue weighted by molar-refractivity contribution is 0.154. The number of urea groups is 1. The van der Waals surface area contributed by atoms with Gasteiger partial charge in [0.05, 0.1) is 21.9 Å². The van der Waals surface area contributed by atoms with Gasteiger partial charge >= 0.3 is 6.03 Å². The molecule has 2 aromatic heterocycles. The summed E-state index contributed by atoms with van der Waals surface area (Å²) < 4.78 is 2.58. The number of carbonyl (C=O) groups is 1. The molecule has 2 atom stereocenters. The lowest BCUT2D eigenvalue weighted by atomic mass is 9.60. The Kier molecular flexibility index (Phi) is 9.00. The molecule has 214 valence electrons. The number of fused-ring (bicyclic) bond motifs is 1. The van der Waals surface area contributed by atoms with Crippen molar-refractivity contribution in [2.45, 2.75) is 65.1 Å². The summed E-state index contributed by atoms with van der Waals surface area (Å²) in [5, 5.41) is 15.0. The minimum absolute atomic E-state index is 0.112. The molecule has 2 aromatic carbocycles. The van der Waals surface area contributed by atoms with Crippen molar-refractivity contribution < 1.29 is 4.79 Å². The van der Waals surface area contributed by atoms with E-state index >= 15 is 0 Å². The number of nitrogens with one attached hydrogen (secondary N) is 3. The number of aromatic nitrogens is 3. The molecule has 0 aliphatic heterocycles. The first kappa shape index (κ1) is 29.1. The van der Waals surface area contributed by atoms with Gasteiger partial charge in [0.2, 0.25) is 0 Å². The Morgan fingerprint density at radius 1 is 1.12 bits per heavy atom. The van der Waals surface area contributed by atoms with Gasteiger partial charge in [0.1, 0.15) is 5.82 Å². The minimum Gasteiger partial charge on any atom is -0.366 e. The van der Waals surface area contributed by atoms with Crippen molar-refractivity contribution in [3.63, 3.8) is 0 Å². The van der Waals surface area contributed by atoms with Gasteiger partial charge < -0.3 is 16.0 Å². The van der Waals surface area contributed by atoms with Gasteiger partial charge in [0.15, 0.2) is 5.65 Å². The zero-order valence-electron chi connectivity index (χ0n) is 23.7. The zero-order valence-corrected chi connectivity index (χ0v) is 26.0. The number of hydrogen-bond donors (Lipinski definition) is 3. The molecular weight excluding hydrogens is 600 g/mol. The van der Waals surface area contributed by atoms with Gasteiger partial charge in [0, 0.05) is 29.7 Å². The Hall–Kier alpha value is -3.36. The van der Waals surface area contributed by atoms with Crippen LogP contribution in [0.2, 0.25) is 5.02 Å². The average molecular weight is 636 g/mol. The number of allylic oxidation sites excluding steroid dienone is 1. The van der Waals surface area contributed by atoms with Gasteiger partial charge in [-0.15, -0.1) is 0 Å². The highest BCUT2D eigenvalue weighted by molar-refractivity contribution is 9.10. The van der Waals surface area contributed by atoms with Crippen LogP contribution in [0.1, 0.15) is 57.6 Å². The number of benzene rings is 2. The second-order valence-electron chi connectivity index (χ2n) is 10.5. The third kappa shape index (κ3) is 5.99. The molecule has 1 aliphatic rings. The van der Waals surface area contributed by atoms with Crippen LogP contribution in [0.15, 0.2) is 76.9 Å². The molecule has 0 unspecified atom stereocenters. The van der Waals surface area contributed by atoms with Crippen molar-refractivity contribution in [1.82, 2.24) is 25.2 Å². The van der Waals surface area contributed by atoms with Crippen molar-refractivity contribution in [2.24, 2.45) is 5.92 Å². The van der Waals surface area contributed by atoms with E-state index in [1.165, 1.54) is 5.57 Å². The van der Waals surface area contributed by atoms with Gasteiger partial charge in [-0.25, -0.2) is 9.78 Å². The maximum Gasteiger partial charge on any atom is 0.315 e. The van der Waals surface area contributed by atoms with Crippen molar-refractivity contribution in [2.75, 3.05) is 5.32 Å². The Balaban J connectivity index is 1.22. The monoisotopic (exact) mass is 634 g/mol. The topological polar surface area (TPSA) is 83.4 Å². The van der Waals surface area contributed by atoms with Crippen molar-refractivity contribution in [1.29, 1.82) is 0 Å². The average Bonchev–Trinajstić information content (AvgIpc) is 3.36. The molecule has 0 bridgehead atoms. The summed E-state index contributed by atoms with van der Waals surface area (Å²) in [6, 6.07) is 17.8. The zero-order chi connectivity index (χ0) is 29.0.